The van der Waals surface area contributed by atoms with Crippen LogP contribution in [0, 0.1) is 0 Å². The van der Waals surface area contributed by atoms with E-state index in [1.165, 1.54) is 0 Å². The third-order valence-electron chi connectivity index (χ3n) is 1.81. The normalized spacial score (nSPS) is 21.5. The third-order valence-corrected chi connectivity index (χ3v) is 1.81. The van der Waals surface area contributed by atoms with Crippen molar-refractivity contribution < 1.29 is 4.79 Å². The van der Waals surface area contributed by atoms with Crippen LogP contribution in [0.15, 0.2) is 17.4 Å². The molecule has 0 aliphatic carbocycles. The highest BCUT2D eigenvalue weighted by atomic mass is 16.2. The predicted molar refractivity (Wildman–Crippen MR) is 45.7 cm³/mol. The van der Waals surface area contributed by atoms with E-state index in [2.05, 4.69) is 15.4 Å². The van der Waals surface area contributed by atoms with E-state index in [0.29, 0.717) is 0 Å². The number of nitrogens with two attached hydrogens (primary N) is 1. The van der Waals surface area contributed by atoms with Gasteiger partial charge in [-0.3, -0.25) is 14.8 Å². The lowest BCUT2D eigenvalue weighted by Gasteiger charge is -1.98. The quantitative estimate of drug-likeness (QED) is 0.574. The summed E-state index contributed by atoms with van der Waals surface area (Å²) in [6.45, 7) is 0. The van der Waals surface area contributed by atoms with Gasteiger partial charge >= 0.3 is 0 Å². The maximum absolute atomic E-state index is 11.3. The van der Waals surface area contributed by atoms with Gasteiger partial charge in [0.1, 0.15) is 0 Å². The number of rotatable bonds is 1. The van der Waals surface area contributed by atoms with Gasteiger partial charge in [0.05, 0.1) is 6.20 Å². The maximum atomic E-state index is 11.3. The van der Waals surface area contributed by atoms with Crippen LogP contribution in [-0.2, 0) is 11.8 Å². The van der Waals surface area contributed by atoms with E-state index in [4.69, 9.17) is 5.73 Å². The summed E-state index contributed by atoms with van der Waals surface area (Å²) in [5.74, 6) is -0.0376. The Labute approximate surface area is 74.4 Å². The number of carbonyl (C=O) groups is 1. The summed E-state index contributed by atoms with van der Waals surface area (Å²) in [5.41, 5.74) is 6.10. The molecule has 1 aliphatic heterocycles. The second-order valence-corrected chi connectivity index (χ2v) is 2.85. The third kappa shape index (κ3) is 1.26. The number of amides is 1. The second-order valence-electron chi connectivity index (χ2n) is 2.85. The van der Waals surface area contributed by atoms with Crippen LogP contribution in [0.4, 0.5) is 0 Å². The Morgan fingerprint density at radius 2 is 2.46 bits per heavy atom. The summed E-state index contributed by atoms with van der Waals surface area (Å²) in [6, 6.07) is -0.534. The van der Waals surface area contributed by atoms with Crippen LogP contribution in [0.3, 0.4) is 0 Å². The molecule has 2 heterocycles. The lowest BCUT2D eigenvalue weighted by Crippen LogP contribution is -2.31. The zero-order valence-corrected chi connectivity index (χ0v) is 7.06. The van der Waals surface area contributed by atoms with Gasteiger partial charge < -0.3 is 5.73 Å². The molecule has 1 unspecified atom stereocenters. The Hall–Kier alpha value is -1.85. The second kappa shape index (κ2) is 2.58. The Balaban J connectivity index is 2.32. The minimum absolute atomic E-state index is 0.166. The Kier molecular flexibility index (Phi) is 1.54. The van der Waals surface area contributed by atoms with Gasteiger partial charge in [-0.05, 0) is 0 Å². The molecule has 0 aromatic carbocycles. The summed E-state index contributed by atoms with van der Waals surface area (Å²) in [6.07, 6.45) is 3.35. The first kappa shape index (κ1) is 7.78. The molecule has 68 valence electrons. The molecule has 2 rings (SSSR count). The largest absolute Gasteiger partial charge is 0.370 e. The zero-order valence-electron chi connectivity index (χ0n) is 7.06. The lowest BCUT2D eigenvalue weighted by atomic mass is 10.2. The van der Waals surface area contributed by atoms with Gasteiger partial charge in [-0.15, -0.1) is 0 Å². The molecular weight excluding hydrogens is 170 g/mol. The molecule has 0 saturated heterocycles. The standard InChI is InChI=1S/C7H9N5O/c1-12-3-4(2-9-12)5-6(13)11-7(8)10-5/h2-3,5H,1H3,(H3,8,10,11,13). The molecule has 0 saturated carbocycles. The summed E-state index contributed by atoms with van der Waals surface area (Å²) in [5, 5.41) is 6.37. The highest BCUT2D eigenvalue weighted by Gasteiger charge is 2.27. The summed E-state index contributed by atoms with van der Waals surface area (Å²) in [4.78, 5) is 15.2. The molecule has 6 heteroatoms. The number of hydrogen-bond donors (Lipinski definition) is 2. The van der Waals surface area contributed by atoms with Crippen LogP contribution in [0.5, 0.6) is 0 Å². The highest BCUT2D eigenvalue weighted by Crippen LogP contribution is 2.19. The van der Waals surface area contributed by atoms with Gasteiger partial charge in [0.25, 0.3) is 5.91 Å². The molecular formula is C7H9N5O. The molecule has 3 N–H and O–H groups in total. The van der Waals surface area contributed by atoms with Gasteiger partial charge in [-0.1, -0.05) is 0 Å². The fraction of sp³-hybridized carbons (Fsp3) is 0.286. The average Bonchev–Trinajstić information content (AvgIpc) is 2.58. The molecule has 0 spiro atoms. The van der Waals surface area contributed by atoms with Crippen molar-refractivity contribution in [3.63, 3.8) is 0 Å². The number of aromatic nitrogens is 2. The van der Waals surface area contributed by atoms with E-state index in [-0.39, 0.29) is 11.9 Å². The Morgan fingerprint density at radius 3 is 2.92 bits per heavy atom. The number of carbonyl (C=O) groups excluding carboxylic acids is 1. The molecule has 13 heavy (non-hydrogen) atoms. The van der Waals surface area contributed by atoms with Crippen LogP contribution in [0.2, 0.25) is 0 Å². The summed E-state index contributed by atoms with van der Waals surface area (Å²) >= 11 is 0. The molecule has 1 atom stereocenters. The Morgan fingerprint density at radius 1 is 1.69 bits per heavy atom. The van der Waals surface area contributed by atoms with Gasteiger partial charge in [-0.25, -0.2) is 4.99 Å². The number of aryl methyl sites for hydroxylation is 1. The van der Waals surface area contributed by atoms with Crippen molar-refractivity contribution in [3.05, 3.63) is 18.0 Å². The van der Waals surface area contributed by atoms with Crippen LogP contribution < -0.4 is 11.1 Å². The van der Waals surface area contributed by atoms with Crippen molar-refractivity contribution in [3.8, 4) is 0 Å². The number of aliphatic imine (C=N–C) groups is 1. The van der Waals surface area contributed by atoms with E-state index < -0.39 is 6.04 Å². The van der Waals surface area contributed by atoms with Crippen LogP contribution in [0.1, 0.15) is 11.6 Å². The topological polar surface area (TPSA) is 85.3 Å². The molecule has 0 radical (unpaired) electrons. The number of guanidine groups is 1. The van der Waals surface area contributed by atoms with E-state index in [1.54, 1.807) is 24.1 Å². The highest BCUT2D eigenvalue weighted by molar-refractivity contribution is 6.04. The first-order valence-corrected chi connectivity index (χ1v) is 3.79. The van der Waals surface area contributed by atoms with Gasteiger partial charge in [-0.2, -0.15) is 5.10 Å². The van der Waals surface area contributed by atoms with E-state index >= 15 is 0 Å². The first-order valence-electron chi connectivity index (χ1n) is 3.79. The smallest absolute Gasteiger partial charge is 0.256 e. The van der Waals surface area contributed by atoms with Gasteiger partial charge in [0.15, 0.2) is 12.0 Å². The zero-order chi connectivity index (χ0) is 9.42. The maximum Gasteiger partial charge on any atom is 0.256 e. The van der Waals surface area contributed by atoms with E-state index in [0.717, 1.165) is 5.56 Å². The van der Waals surface area contributed by atoms with Crippen molar-refractivity contribution in [1.82, 2.24) is 15.1 Å². The lowest BCUT2D eigenvalue weighted by molar-refractivity contribution is -0.120. The van der Waals surface area contributed by atoms with Crippen molar-refractivity contribution >= 4 is 11.9 Å². The van der Waals surface area contributed by atoms with E-state index in [1.807, 2.05) is 0 Å². The van der Waals surface area contributed by atoms with Crippen molar-refractivity contribution in [1.29, 1.82) is 0 Å². The summed E-state index contributed by atoms with van der Waals surface area (Å²) in [7, 11) is 1.78. The number of nitrogens with zero attached hydrogens (tertiary/aromatic N) is 3. The van der Waals surface area contributed by atoms with Gasteiger partial charge in [0, 0.05) is 18.8 Å². The van der Waals surface area contributed by atoms with E-state index in [9.17, 15) is 4.79 Å². The number of nitrogens with one attached hydrogen (secondary N) is 1. The number of hydrogen-bond acceptors (Lipinski definition) is 4. The molecule has 1 aromatic rings. The molecule has 1 aliphatic rings. The fourth-order valence-corrected chi connectivity index (χ4v) is 1.23. The molecule has 0 bridgehead atoms. The van der Waals surface area contributed by atoms with Crippen molar-refractivity contribution in [2.24, 2.45) is 17.8 Å². The van der Waals surface area contributed by atoms with Crippen molar-refractivity contribution in [2.45, 2.75) is 6.04 Å². The van der Waals surface area contributed by atoms with Crippen LogP contribution in [-0.4, -0.2) is 21.6 Å². The monoisotopic (exact) mass is 179 g/mol. The molecule has 6 nitrogen and oxygen atoms in total. The minimum Gasteiger partial charge on any atom is -0.370 e. The minimum atomic E-state index is -0.534. The fourth-order valence-electron chi connectivity index (χ4n) is 1.23. The first-order chi connectivity index (χ1) is 6.16. The average molecular weight is 179 g/mol. The summed E-state index contributed by atoms with van der Waals surface area (Å²) < 4.78 is 1.62. The van der Waals surface area contributed by atoms with Crippen LogP contribution in [0.25, 0.3) is 0 Å². The predicted octanol–water partition coefficient (Wildman–Crippen LogP) is -1.09. The van der Waals surface area contributed by atoms with Crippen LogP contribution >= 0.6 is 0 Å². The van der Waals surface area contributed by atoms with Gasteiger partial charge in [0.2, 0.25) is 0 Å². The van der Waals surface area contributed by atoms with Crippen molar-refractivity contribution in [2.75, 3.05) is 0 Å². The SMILES string of the molecule is Cn1cc(C2N=C(N)NC2=O)cn1. The molecule has 1 amide bonds. The molecule has 0 fully saturated rings. The Bertz CT molecular complexity index is 380. The molecule has 1 aromatic heterocycles.